The Morgan fingerprint density at radius 3 is 1.52 bits per heavy atom. The minimum atomic E-state index is -1.93. The van der Waals surface area contributed by atoms with Gasteiger partial charge in [-0.05, 0) is 26.0 Å². The molecule has 0 radical (unpaired) electrons. The fourth-order valence-corrected chi connectivity index (χ4v) is 3.69. The molecule has 0 aliphatic rings. The van der Waals surface area contributed by atoms with E-state index in [1.54, 1.807) is 0 Å². The van der Waals surface area contributed by atoms with Crippen molar-refractivity contribution in [3.63, 3.8) is 0 Å². The number of aliphatic carboxylic acids is 1. The summed E-state index contributed by atoms with van der Waals surface area (Å²) in [4.78, 5) is 59.0. The molecule has 2 aromatic rings. The Bertz CT molecular complexity index is 1370. The topological polar surface area (TPSA) is 225 Å². The van der Waals surface area contributed by atoms with Gasteiger partial charge in [0.2, 0.25) is 0 Å². The smallest absolute Gasteiger partial charge is 0.408 e. The van der Waals surface area contributed by atoms with Gasteiger partial charge in [-0.1, -0.05) is 0 Å². The molecule has 1 amide bonds. The monoisotopic (exact) mass is 595 g/mol. The van der Waals surface area contributed by atoms with E-state index in [4.69, 9.17) is 28.4 Å². The van der Waals surface area contributed by atoms with Crippen molar-refractivity contribution in [3.8, 4) is 23.0 Å². The number of methoxy groups -OCH3 is 4. The zero-order valence-electron chi connectivity index (χ0n) is 23.4. The fourth-order valence-electron chi connectivity index (χ4n) is 3.69. The summed E-state index contributed by atoms with van der Waals surface area (Å²) in [5.41, 5.74) is -2.99. The van der Waals surface area contributed by atoms with Crippen molar-refractivity contribution in [1.82, 2.24) is 5.32 Å². The number of nitro benzene ring substituents is 2. The van der Waals surface area contributed by atoms with Crippen LogP contribution in [0.15, 0.2) is 24.3 Å². The van der Waals surface area contributed by atoms with Gasteiger partial charge in [0.05, 0.1) is 67.0 Å². The third-order valence-corrected chi connectivity index (χ3v) is 6.04. The summed E-state index contributed by atoms with van der Waals surface area (Å²) in [5, 5.41) is 34.8. The van der Waals surface area contributed by atoms with Crippen LogP contribution in [0.4, 0.5) is 16.2 Å². The van der Waals surface area contributed by atoms with E-state index in [9.17, 15) is 39.7 Å². The summed E-state index contributed by atoms with van der Waals surface area (Å²) in [6.45, 7) is 1.02. The van der Waals surface area contributed by atoms with E-state index in [1.807, 2.05) is 5.32 Å². The van der Waals surface area contributed by atoms with Gasteiger partial charge in [-0.25, -0.2) is 9.59 Å². The molecule has 0 bridgehead atoms. The van der Waals surface area contributed by atoms with Crippen LogP contribution >= 0.6 is 0 Å². The Hall–Kier alpha value is -5.35. The second-order valence-corrected chi connectivity index (χ2v) is 8.98. The maximum Gasteiger partial charge on any atom is 0.408 e. The molecular formula is C25H29N3O14. The number of hydrogen-bond donors (Lipinski definition) is 2. The number of nitrogens with one attached hydrogen (secondary N) is 1. The van der Waals surface area contributed by atoms with Gasteiger partial charge >= 0.3 is 18.0 Å². The van der Waals surface area contributed by atoms with Crippen LogP contribution in [0.5, 0.6) is 23.0 Å². The van der Waals surface area contributed by atoms with E-state index in [2.05, 4.69) is 0 Å². The third kappa shape index (κ3) is 7.43. The lowest BCUT2D eigenvalue weighted by molar-refractivity contribution is -0.386. The number of carboxylic acid groups (broad SMARTS) is 1. The zero-order valence-corrected chi connectivity index (χ0v) is 23.4. The predicted molar refractivity (Wildman–Crippen MR) is 141 cm³/mol. The summed E-state index contributed by atoms with van der Waals surface area (Å²) in [6, 6.07) is 2.69. The highest BCUT2D eigenvalue weighted by atomic mass is 16.6. The first-order valence-electron chi connectivity index (χ1n) is 11.8. The number of rotatable bonds is 14. The molecule has 0 fully saturated rings. The molecule has 0 spiro atoms. The lowest BCUT2D eigenvalue weighted by Gasteiger charge is -2.29. The molecule has 42 heavy (non-hydrogen) atoms. The SMILES string of the molecule is COc1cc(COC(=O)N[C@H](C(=O)O)C(C)(C)C(=O)OCc2cc(OC)c(OC)cc2[N+](=O)[O-])c([N+](=O)[O-])cc1OC. The minimum absolute atomic E-state index is 0.0574. The average Bonchev–Trinajstić information content (AvgIpc) is 2.95. The molecule has 0 unspecified atom stereocenters. The van der Waals surface area contributed by atoms with E-state index >= 15 is 0 Å². The third-order valence-electron chi connectivity index (χ3n) is 6.04. The Labute approximate surface area is 238 Å². The summed E-state index contributed by atoms with van der Waals surface area (Å²) >= 11 is 0. The van der Waals surface area contributed by atoms with Crippen LogP contribution in [0.3, 0.4) is 0 Å². The molecule has 2 aromatic carbocycles. The second kappa shape index (κ2) is 13.8. The standard InChI is InChI=1S/C25H29N3O14/c1-25(2,23(31)41-11-13-7-17(37-3)19(39-5)9-15(13)27(33)34)21(22(29)30)26-24(32)42-12-14-8-18(38-4)20(40-6)10-16(14)28(35)36/h7-10,21H,11-12H2,1-6H3,(H,26,32)(H,29,30)/t21-/m1/s1. The van der Waals surface area contributed by atoms with Crippen molar-refractivity contribution in [2.45, 2.75) is 33.1 Å². The number of alkyl carbamates (subject to hydrolysis) is 1. The average molecular weight is 596 g/mol. The van der Waals surface area contributed by atoms with Crippen LogP contribution in [-0.2, 0) is 32.3 Å². The van der Waals surface area contributed by atoms with Gasteiger partial charge in [-0.2, -0.15) is 0 Å². The molecular weight excluding hydrogens is 566 g/mol. The summed E-state index contributed by atoms with van der Waals surface area (Å²) in [5.74, 6) is -2.41. The molecule has 0 aliphatic heterocycles. The maximum atomic E-state index is 12.9. The van der Waals surface area contributed by atoms with Crippen LogP contribution < -0.4 is 24.3 Å². The Morgan fingerprint density at radius 2 is 1.17 bits per heavy atom. The zero-order chi connectivity index (χ0) is 31.8. The minimum Gasteiger partial charge on any atom is -0.493 e. The van der Waals surface area contributed by atoms with Crippen LogP contribution in [0.25, 0.3) is 0 Å². The lowest BCUT2D eigenvalue weighted by Crippen LogP contribution is -2.54. The number of carbonyl (C=O) groups excluding carboxylic acids is 2. The first-order chi connectivity index (χ1) is 19.7. The van der Waals surface area contributed by atoms with Crippen molar-refractivity contribution in [2.75, 3.05) is 28.4 Å². The number of nitrogens with zero attached hydrogens (tertiary/aromatic N) is 2. The van der Waals surface area contributed by atoms with Gasteiger partial charge < -0.3 is 38.8 Å². The molecule has 0 aromatic heterocycles. The van der Waals surface area contributed by atoms with Crippen molar-refractivity contribution in [1.29, 1.82) is 0 Å². The normalized spacial score (nSPS) is 11.5. The number of nitro groups is 2. The van der Waals surface area contributed by atoms with Gasteiger partial charge in [-0.15, -0.1) is 0 Å². The number of esters is 1. The molecule has 17 nitrogen and oxygen atoms in total. The Balaban J connectivity index is 2.20. The maximum absolute atomic E-state index is 12.9. The van der Waals surface area contributed by atoms with Gasteiger partial charge in [0.15, 0.2) is 23.0 Å². The molecule has 0 saturated carbocycles. The summed E-state index contributed by atoms with van der Waals surface area (Å²) in [6.07, 6.45) is -1.32. The molecule has 1 atom stereocenters. The Kier molecular flexibility index (Phi) is 10.8. The summed E-state index contributed by atoms with van der Waals surface area (Å²) < 4.78 is 30.5. The predicted octanol–water partition coefficient (Wildman–Crippen LogP) is 2.99. The van der Waals surface area contributed by atoms with Gasteiger partial charge in [0.1, 0.15) is 19.3 Å². The lowest BCUT2D eigenvalue weighted by atomic mass is 9.84. The number of carbonyl (C=O) groups is 3. The number of hydrogen-bond acceptors (Lipinski definition) is 13. The molecule has 0 saturated heterocycles. The second-order valence-electron chi connectivity index (χ2n) is 8.98. The van der Waals surface area contributed by atoms with Gasteiger partial charge in [-0.3, -0.25) is 25.0 Å². The number of amides is 1. The van der Waals surface area contributed by atoms with E-state index < -0.39 is 63.9 Å². The van der Waals surface area contributed by atoms with E-state index in [0.717, 1.165) is 26.0 Å². The van der Waals surface area contributed by atoms with Crippen molar-refractivity contribution < 1.29 is 57.8 Å². The van der Waals surface area contributed by atoms with Crippen LogP contribution in [0, 0.1) is 25.6 Å². The first kappa shape index (κ1) is 32.9. The highest BCUT2D eigenvalue weighted by molar-refractivity contribution is 5.89. The van der Waals surface area contributed by atoms with Crippen molar-refractivity contribution in [3.05, 3.63) is 55.6 Å². The number of benzene rings is 2. The van der Waals surface area contributed by atoms with Gasteiger partial charge in [0.25, 0.3) is 11.4 Å². The summed E-state index contributed by atoms with van der Waals surface area (Å²) in [7, 11) is 5.15. The van der Waals surface area contributed by atoms with Crippen LogP contribution in [0.2, 0.25) is 0 Å². The van der Waals surface area contributed by atoms with E-state index in [1.165, 1.54) is 40.6 Å². The molecule has 2 rings (SSSR count). The highest BCUT2D eigenvalue weighted by Gasteiger charge is 2.44. The fraction of sp³-hybridized carbons (Fsp3) is 0.400. The molecule has 17 heteroatoms. The molecule has 0 heterocycles. The van der Waals surface area contributed by atoms with Crippen molar-refractivity contribution >= 4 is 29.4 Å². The largest absolute Gasteiger partial charge is 0.493 e. The molecule has 2 N–H and O–H groups in total. The number of ether oxygens (including phenoxy) is 6. The number of carboxylic acids is 1. The van der Waals surface area contributed by atoms with Gasteiger partial charge in [0, 0.05) is 0 Å². The van der Waals surface area contributed by atoms with Crippen molar-refractivity contribution in [2.24, 2.45) is 5.41 Å². The van der Waals surface area contributed by atoms with E-state index in [0.29, 0.717) is 0 Å². The van der Waals surface area contributed by atoms with Crippen LogP contribution in [-0.4, -0.2) is 67.5 Å². The molecule has 228 valence electrons. The van der Waals surface area contributed by atoms with E-state index in [-0.39, 0.29) is 34.1 Å². The quantitative estimate of drug-likeness (QED) is 0.182. The molecule has 0 aliphatic carbocycles. The Morgan fingerprint density at radius 1 is 0.786 bits per heavy atom. The highest BCUT2D eigenvalue weighted by Crippen LogP contribution is 2.36. The first-order valence-corrected chi connectivity index (χ1v) is 11.8. The van der Waals surface area contributed by atoms with Crippen LogP contribution in [0.1, 0.15) is 25.0 Å².